The van der Waals surface area contributed by atoms with Crippen LogP contribution < -0.4 is 5.32 Å². The Morgan fingerprint density at radius 2 is 2.28 bits per heavy atom. The van der Waals surface area contributed by atoms with Crippen LogP contribution >= 0.6 is 27.3 Å². The number of rotatable bonds is 4. The average molecular weight is 332 g/mol. The Balaban J connectivity index is 1.83. The lowest BCUT2D eigenvalue weighted by atomic mass is 10.1. The largest absolute Gasteiger partial charge is 0.308 e. The molecule has 0 saturated carbocycles. The highest BCUT2D eigenvalue weighted by atomic mass is 79.9. The lowest BCUT2D eigenvalue weighted by Gasteiger charge is -2.38. The van der Waals surface area contributed by atoms with Gasteiger partial charge in [-0.25, -0.2) is 0 Å². The minimum Gasteiger partial charge on any atom is -0.308 e. The summed E-state index contributed by atoms with van der Waals surface area (Å²) in [5.41, 5.74) is 0. The lowest BCUT2D eigenvalue weighted by molar-refractivity contribution is 0.112. The first-order chi connectivity index (χ1) is 8.56. The van der Waals surface area contributed by atoms with Crippen molar-refractivity contribution in [3.8, 4) is 0 Å². The Morgan fingerprint density at radius 1 is 1.50 bits per heavy atom. The first-order valence-corrected chi connectivity index (χ1v) is 8.09. The molecule has 102 valence electrons. The summed E-state index contributed by atoms with van der Waals surface area (Å²) < 4.78 is 1.19. The van der Waals surface area contributed by atoms with Crippen molar-refractivity contribution in [1.82, 2.24) is 15.1 Å². The zero-order valence-corrected chi connectivity index (χ0v) is 13.7. The first-order valence-electron chi connectivity index (χ1n) is 6.42. The van der Waals surface area contributed by atoms with Gasteiger partial charge in [0.1, 0.15) is 0 Å². The second-order valence-corrected chi connectivity index (χ2v) is 7.05. The Labute approximate surface area is 122 Å². The van der Waals surface area contributed by atoms with E-state index in [1.165, 1.54) is 22.4 Å². The standard InChI is InChI=1S/C13H22BrN3S/c1-10(13-6-11(14)9-18-13)15-7-12-8-16(2)4-5-17(12)3/h6,9-10,12,15H,4-5,7-8H2,1-3H3. The fourth-order valence-electron chi connectivity index (χ4n) is 2.29. The molecule has 3 nitrogen and oxygen atoms in total. The van der Waals surface area contributed by atoms with Crippen LogP contribution in [0.15, 0.2) is 15.9 Å². The van der Waals surface area contributed by atoms with Crippen LogP contribution in [0.25, 0.3) is 0 Å². The van der Waals surface area contributed by atoms with E-state index in [4.69, 9.17) is 0 Å². The molecule has 1 aromatic rings. The van der Waals surface area contributed by atoms with Crippen molar-refractivity contribution in [2.75, 3.05) is 40.3 Å². The summed E-state index contributed by atoms with van der Waals surface area (Å²) >= 11 is 5.33. The monoisotopic (exact) mass is 331 g/mol. The Morgan fingerprint density at radius 3 is 2.94 bits per heavy atom. The maximum atomic E-state index is 3.65. The van der Waals surface area contributed by atoms with Crippen molar-refractivity contribution in [3.63, 3.8) is 0 Å². The van der Waals surface area contributed by atoms with Gasteiger partial charge in [0, 0.05) is 53.0 Å². The molecule has 1 aromatic heterocycles. The zero-order valence-electron chi connectivity index (χ0n) is 11.3. The van der Waals surface area contributed by atoms with Crippen molar-refractivity contribution in [3.05, 3.63) is 20.8 Å². The van der Waals surface area contributed by atoms with Gasteiger partial charge in [-0.2, -0.15) is 0 Å². The molecule has 1 saturated heterocycles. The van der Waals surface area contributed by atoms with Crippen LogP contribution in [-0.4, -0.2) is 56.1 Å². The highest BCUT2D eigenvalue weighted by Crippen LogP contribution is 2.25. The second-order valence-electron chi connectivity index (χ2n) is 5.19. The van der Waals surface area contributed by atoms with E-state index in [-0.39, 0.29) is 0 Å². The Kier molecular flexibility index (Phi) is 5.21. The minimum atomic E-state index is 0.432. The number of thiophene rings is 1. The van der Waals surface area contributed by atoms with E-state index in [0.717, 1.165) is 13.1 Å². The average Bonchev–Trinajstić information content (AvgIpc) is 2.77. The van der Waals surface area contributed by atoms with Gasteiger partial charge in [-0.1, -0.05) is 0 Å². The molecule has 1 aliphatic heterocycles. The van der Waals surface area contributed by atoms with Crippen LogP contribution in [-0.2, 0) is 0 Å². The highest BCUT2D eigenvalue weighted by Gasteiger charge is 2.22. The minimum absolute atomic E-state index is 0.432. The molecule has 2 atom stereocenters. The van der Waals surface area contributed by atoms with Gasteiger partial charge in [0.15, 0.2) is 0 Å². The maximum absolute atomic E-state index is 3.65. The van der Waals surface area contributed by atoms with Crippen LogP contribution in [0.3, 0.4) is 0 Å². The number of likely N-dealkylation sites (N-methyl/N-ethyl adjacent to an activating group) is 2. The molecular weight excluding hydrogens is 310 g/mol. The van der Waals surface area contributed by atoms with Crippen molar-refractivity contribution in [1.29, 1.82) is 0 Å². The molecule has 2 unspecified atom stereocenters. The molecule has 1 fully saturated rings. The van der Waals surface area contributed by atoms with E-state index in [9.17, 15) is 0 Å². The fraction of sp³-hybridized carbons (Fsp3) is 0.692. The summed E-state index contributed by atoms with van der Waals surface area (Å²) in [4.78, 5) is 6.27. The van der Waals surface area contributed by atoms with Gasteiger partial charge < -0.3 is 10.2 Å². The molecule has 2 heterocycles. The van der Waals surface area contributed by atoms with Crippen molar-refractivity contribution in [2.24, 2.45) is 0 Å². The van der Waals surface area contributed by atoms with Crippen LogP contribution in [0.4, 0.5) is 0 Å². The number of piperazine rings is 1. The fourth-order valence-corrected chi connectivity index (χ4v) is 3.77. The Bertz CT molecular complexity index is 382. The molecule has 1 N–H and O–H groups in total. The van der Waals surface area contributed by atoms with E-state index in [2.05, 4.69) is 63.5 Å². The molecule has 0 aliphatic carbocycles. The highest BCUT2D eigenvalue weighted by molar-refractivity contribution is 9.10. The Hall–Kier alpha value is 0.0600. The van der Waals surface area contributed by atoms with Gasteiger partial charge in [0.25, 0.3) is 0 Å². The number of halogens is 1. The van der Waals surface area contributed by atoms with Crippen LogP contribution in [0, 0.1) is 0 Å². The molecule has 0 radical (unpaired) electrons. The summed E-state index contributed by atoms with van der Waals surface area (Å²) in [6, 6.07) is 3.26. The van der Waals surface area contributed by atoms with Gasteiger partial charge in [-0.3, -0.25) is 4.90 Å². The van der Waals surface area contributed by atoms with E-state index in [1.807, 2.05) is 11.3 Å². The molecule has 0 aromatic carbocycles. The van der Waals surface area contributed by atoms with E-state index in [1.54, 1.807) is 0 Å². The molecule has 0 bridgehead atoms. The third kappa shape index (κ3) is 3.78. The van der Waals surface area contributed by atoms with Gasteiger partial charge in [-0.05, 0) is 43.0 Å². The third-order valence-electron chi connectivity index (χ3n) is 3.65. The molecule has 18 heavy (non-hydrogen) atoms. The quantitative estimate of drug-likeness (QED) is 0.914. The maximum Gasteiger partial charge on any atom is 0.0387 e. The van der Waals surface area contributed by atoms with Crippen molar-refractivity contribution in [2.45, 2.75) is 19.0 Å². The zero-order chi connectivity index (χ0) is 13.1. The molecule has 0 spiro atoms. The summed E-state index contributed by atoms with van der Waals surface area (Å²) in [5.74, 6) is 0. The van der Waals surface area contributed by atoms with Gasteiger partial charge in [-0.15, -0.1) is 11.3 Å². The van der Waals surface area contributed by atoms with Gasteiger partial charge >= 0.3 is 0 Å². The number of nitrogens with one attached hydrogen (secondary N) is 1. The first kappa shape index (κ1) is 14.5. The molecular formula is C13H22BrN3S. The molecule has 5 heteroatoms. The normalized spacial score (nSPS) is 24.3. The van der Waals surface area contributed by atoms with Crippen molar-refractivity contribution < 1.29 is 0 Å². The molecule has 0 amide bonds. The summed E-state index contributed by atoms with van der Waals surface area (Å²) in [6.45, 7) is 6.80. The van der Waals surface area contributed by atoms with E-state index < -0.39 is 0 Å². The van der Waals surface area contributed by atoms with Crippen LogP contribution in [0.1, 0.15) is 17.8 Å². The van der Waals surface area contributed by atoms with Crippen LogP contribution in [0.5, 0.6) is 0 Å². The predicted octanol–water partition coefficient (Wildman–Crippen LogP) is 2.41. The van der Waals surface area contributed by atoms with Gasteiger partial charge in [0.05, 0.1) is 0 Å². The summed E-state index contributed by atoms with van der Waals surface area (Å²) in [7, 11) is 4.44. The number of hydrogen-bond acceptors (Lipinski definition) is 4. The number of nitrogens with zero attached hydrogens (tertiary/aromatic N) is 2. The van der Waals surface area contributed by atoms with Crippen LogP contribution in [0.2, 0.25) is 0 Å². The summed E-state index contributed by atoms with van der Waals surface area (Å²) in [5, 5.41) is 5.80. The smallest absolute Gasteiger partial charge is 0.0387 e. The van der Waals surface area contributed by atoms with E-state index >= 15 is 0 Å². The number of hydrogen-bond donors (Lipinski definition) is 1. The SMILES string of the molecule is CC(NCC1CN(C)CCN1C)c1cc(Br)cs1. The summed E-state index contributed by atoms with van der Waals surface area (Å²) in [6.07, 6.45) is 0. The lowest BCUT2D eigenvalue weighted by Crippen LogP contribution is -2.53. The third-order valence-corrected chi connectivity index (χ3v) is 5.53. The molecule has 2 rings (SSSR count). The topological polar surface area (TPSA) is 18.5 Å². The predicted molar refractivity (Wildman–Crippen MR) is 82.4 cm³/mol. The van der Waals surface area contributed by atoms with E-state index in [0.29, 0.717) is 12.1 Å². The van der Waals surface area contributed by atoms with Gasteiger partial charge in [0.2, 0.25) is 0 Å². The van der Waals surface area contributed by atoms with Crippen molar-refractivity contribution >= 4 is 27.3 Å². The molecule has 1 aliphatic rings. The second kappa shape index (κ2) is 6.48.